The molecule has 0 unspecified atom stereocenters. The molecular formula is C4H6Br2O. The van der Waals surface area contributed by atoms with Crippen molar-refractivity contribution in [1.29, 1.82) is 0 Å². The molecule has 0 saturated carbocycles. The van der Waals surface area contributed by atoms with Crippen LogP contribution in [0.4, 0.5) is 0 Å². The van der Waals surface area contributed by atoms with Gasteiger partial charge in [-0.05, 0) is 6.92 Å². The SMILES string of the molecule is CC(Br)=C(Br)CO. The lowest BCUT2D eigenvalue weighted by molar-refractivity contribution is 0.340. The average molecular weight is 230 g/mol. The van der Waals surface area contributed by atoms with E-state index in [2.05, 4.69) is 31.9 Å². The van der Waals surface area contributed by atoms with Crippen LogP contribution >= 0.6 is 31.9 Å². The van der Waals surface area contributed by atoms with E-state index in [-0.39, 0.29) is 6.61 Å². The molecule has 0 saturated heterocycles. The maximum absolute atomic E-state index is 8.37. The Bertz CT molecular complexity index is 83.7. The Hall–Kier alpha value is 0.660. The molecule has 0 heterocycles. The molecular weight excluding hydrogens is 224 g/mol. The van der Waals surface area contributed by atoms with Crippen molar-refractivity contribution in [3.8, 4) is 0 Å². The van der Waals surface area contributed by atoms with Crippen LogP contribution in [-0.2, 0) is 0 Å². The summed E-state index contributed by atoms with van der Waals surface area (Å²) in [6.45, 7) is 1.93. The van der Waals surface area contributed by atoms with Gasteiger partial charge in [0.2, 0.25) is 0 Å². The van der Waals surface area contributed by atoms with E-state index in [9.17, 15) is 0 Å². The van der Waals surface area contributed by atoms with Crippen molar-refractivity contribution in [3.05, 3.63) is 8.96 Å². The minimum atomic E-state index is 0.0666. The Morgan fingerprint density at radius 2 is 2.00 bits per heavy atom. The van der Waals surface area contributed by atoms with Crippen molar-refractivity contribution >= 4 is 31.9 Å². The van der Waals surface area contributed by atoms with Crippen molar-refractivity contribution < 1.29 is 5.11 Å². The van der Waals surface area contributed by atoms with Crippen molar-refractivity contribution in [2.24, 2.45) is 0 Å². The van der Waals surface area contributed by atoms with Crippen molar-refractivity contribution in [2.45, 2.75) is 6.92 Å². The molecule has 42 valence electrons. The summed E-state index contributed by atoms with van der Waals surface area (Å²) >= 11 is 6.30. The summed E-state index contributed by atoms with van der Waals surface area (Å²) in [6.07, 6.45) is 0. The molecule has 0 aliphatic carbocycles. The van der Waals surface area contributed by atoms with E-state index in [1.54, 1.807) is 0 Å². The average Bonchev–Trinajstić information content (AvgIpc) is 1.65. The number of hydrogen-bond acceptors (Lipinski definition) is 1. The van der Waals surface area contributed by atoms with E-state index in [0.717, 1.165) is 8.96 Å². The molecule has 0 aromatic heterocycles. The van der Waals surface area contributed by atoms with Crippen LogP contribution in [0.2, 0.25) is 0 Å². The van der Waals surface area contributed by atoms with Crippen LogP contribution in [0.25, 0.3) is 0 Å². The molecule has 0 spiro atoms. The van der Waals surface area contributed by atoms with Gasteiger partial charge in [-0.3, -0.25) is 0 Å². The first-order valence-electron chi connectivity index (χ1n) is 1.80. The van der Waals surface area contributed by atoms with Gasteiger partial charge in [-0.2, -0.15) is 0 Å². The van der Waals surface area contributed by atoms with Crippen LogP contribution in [0.15, 0.2) is 8.96 Å². The summed E-state index contributed by atoms with van der Waals surface area (Å²) < 4.78 is 1.74. The topological polar surface area (TPSA) is 20.2 Å². The predicted octanol–water partition coefficient (Wildman–Crippen LogP) is 2.00. The Morgan fingerprint density at radius 1 is 1.57 bits per heavy atom. The van der Waals surface area contributed by atoms with Gasteiger partial charge in [0.1, 0.15) is 0 Å². The second-order valence-electron chi connectivity index (χ2n) is 1.10. The first-order chi connectivity index (χ1) is 3.18. The quantitative estimate of drug-likeness (QED) is 0.730. The zero-order valence-corrected chi connectivity index (χ0v) is 7.08. The lowest BCUT2D eigenvalue weighted by Gasteiger charge is -1.89. The second-order valence-corrected chi connectivity index (χ2v) is 3.24. The molecule has 0 aromatic carbocycles. The highest BCUT2D eigenvalue weighted by atomic mass is 79.9. The molecule has 3 heteroatoms. The maximum atomic E-state index is 8.37. The number of rotatable bonds is 1. The monoisotopic (exact) mass is 228 g/mol. The van der Waals surface area contributed by atoms with Gasteiger partial charge in [0.05, 0.1) is 6.61 Å². The van der Waals surface area contributed by atoms with Gasteiger partial charge < -0.3 is 5.11 Å². The minimum absolute atomic E-state index is 0.0666. The first kappa shape index (κ1) is 7.66. The summed E-state index contributed by atoms with van der Waals surface area (Å²) in [5.74, 6) is 0. The Kier molecular flexibility index (Phi) is 3.98. The molecule has 1 nitrogen and oxygen atoms in total. The van der Waals surface area contributed by atoms with E-state index in [1.165, 1.54) is 0 Å². The number of halogens is 2. The van der Waals surface area contributed by atoms with Gasteiger partial charge in [0.15, 0.2) is 0 Å². The predicted molar refractivity (Wildman–Crippen MR) is 37.6 cm³/mol. The van der Waals surface area contributed by atoms with Crippen LogP contribution < -0.4 is 0 Å². The van der Waals surface area contributed by atoms with Gasteiger partial charge in [-0.15, -0.1) is 0 Å². The van der Waals surface area contributed by atoms with Crippen molar-refractivity contribution in [1.82, 2.24) is 0 Å². The molecule has 1 N–H and O–H groups in total. The Labute approximate surface area is 59.7 Å². The molecule has 0 fully saturated rings. The van der Waals surface area contributed by atoms with Gasteiger partial charge in [0.25, 0.3) is 0 Å². The van der Waals surface area contributed by atoms with E-state index in [0.29, 0.717) is 0 Å². The summed E-state index contributed by atoms with van der Waals surface area (Å²) in [4.78, 5) is 0. The Morgan fingerprint density at radius 3 is 2.00 bits per heavy atom. The van der Waals surface area contributed by atoms with E-state index >= 15 is 0 Å². The fraction of sp³-hybridized carbons (Fsp3) is 0.500. The molecule has 0 aliphatic heterocycles. The molecule has 0 atom stereocenters. The number of aliphatic hydroxyl groups excluding tert-OH is 1. The van der Waals surface area contributed by atoms with Crippen LogP contribution in [0.3, 0.4) is 0 Å². The zero-order chi connectivity index (χ0) is 5.86. The molecule has 0 aromatic rings. The van der Waals surface area contributed by atoms with Gasteiger partial charge in [-0.25, -0.2) is 0 Å². The fourth-order valence-corrected chi connectivity index (χ4v) is 0.234. The minimum Gasteiger partial charge on any atom is -0.391 e. The lowest BCUT2D eigenvalue weighted by Crippen LogP contribution is -1.79. The third-order valence-corrected chi connectivity index (χ3v) is 2.37. The fourth-order valence-electron chi connectivity index (χ4n) is 0.109. The van der Waals surface area contributed by atoms with Crippen LogP contribution in [-0.4, -0.2) is 11.7 Å². The third-order valence-electron chi connectivity index (χ3n) is 0.513. The second kappa shape index (κ2) is 3.64. The highest BCUT2D eigenvalue weighted by molar-refractivity contribution is 9.14. The number of allylic oxidation sites excluding steroid dienone is 1. The Balaban J connectivity index is 3.72. The van der Waals surface area contributed by atoms with E-state index in [4.69, 9.17) is 5.11 Å². The van der Waals surface area contributed by atoms with Crippen LogP contribution in [0.1, 0.15) is 6.92 Å². The molecule has 7 heavy (non-hydrogen) atoms. The maximum Gasteiger partial charge on any atom is 0.0754 e. The molecule has 0 radical (unpaired) electrons. The van der Waals surface area contributed by atoms with Gasteiger partial charge >= 0.3 is 0 Å². The lowest BCUT2D eigenvalue weighted by atomic mass is 10.6. The van der Waals surface area contributed by atoms with Gasteiger partial charge in [0, 0.05) is 8.96 Å². The summed E-state index contributed by atoms with van der Waals surface area (Å²) in [7, 11) is 0. The highest BCUT2D eigenvalue weighted by Gasteiger charge is 1.88. The van der Waals surface area contributed by atoms with Crippen molar-refractivity contribution in [3.63, 3.8) is 0 Å². The summed E-state index contributed by atoms with van der Waals surface area (Å²) in [5.41, 5.74) is 0. The normalized spacial score (nSPS) is 13.7. The standard InChI is InChI=1S/C4H6Br2O/c1-3(5)4(6)2-7/h7H,2H2,1H3. The molecule has 0 aliphatic rings. The smallest absolute Gasteiger partial charge is 0.0754 e. The van der Waals surface area contributed by atoms with Crippen LogP contribution in [0, 0.1) is 0 Å². The number of hydrogen-bond donors (Lipinski definition) is 1. The largest absolute Gasteiger partial charge is 0.391 e. The highest BCUT2D eigenvalue weighted by Crippen LogP contribution is 2.15. The molecule has 0 bridgehead atoms. The molecule has 0 amide bonds. The van der Waals surface area contributed by atoms with E-state index < -0.39 is 0 Å². The zero-order valence-electron chi connectivity index (χ0n) is 3.91. The first-order valence-corrected chi connectivity index (χ1v) is 3.38. The molecule has 0 rings (SSSR count). The number of aliphatic hydroxyl groups is 1. The summed E-state index contributed by atoms with van der Waals surface area (Å²) in [5, 5.41) is 8.37. The third kappa shape index (κ3) is 3.26. The van der Waals surface area contributed by atoms with Crippen molar-refractivity contribution in [2.75, 3.05) is 6.61 Å². The van der Waals surface area contributed by atoms with E-state index in [1.807, 2.05) is 6.92 Å². The summed E-state index contributed by atoms with van der Waals surface area (Å²) in [6, 6.07) is 0. The van der Waals surface area contributed by atoms with Gasteiger partial charge in [-0.1, -0.05) is 31.9 Å². The van der Waals surface area contributed by atoms with Crippen LogP contribution in [0.5, 0.6) is 0 Å².